The van der Waals surface area contributed by atoms with Gasteiger partial charge in [-0.1, -0.05) is 59.6 Å². The van der Waals surface area contributed by atoms with Crippen LogP contribution in [-0.4, -0.2) is 40.7 Å². The molecule has 2 aromatic carbocycles. The molecule has 0 unspecified atom stereocenters. The highest BCUT2D eigenvalue weighted by atomic mass is 35.5. The molecule has 0 radical (unpaired) electrons. The van der Waals surface area contributed by atoms with Gasteiger partial charge in [0.25, 0.3) is 5.91 Å². The van der Waals surface area contributed by atoms with Crippen molar-refractivity contribution < 1.29 is 10.0 Å². The van der Waals surface area contributed by atoms with Gasteiger partial charge in [0, 0.05) is 6.54 Å². The molecule has 1 aliphatic heterocycles. The SMILES string of the molecule is O=C(Cc1ccc(Cl)c(Cl)c1)N(O)[C@H](CN1CCC1)c1ccccc1. The van der Waals surface area contributed by atoms with Crippen molar-refractivity contribution in [2.75, 3.05) is 19.6 Å². The molecule has 0 spiro atoms. The van der Waals surface area contributed by atoms with Crippen molar-refractivity contribution in [3.8, 4) is 0 Å². The molecule has 1 saturated heterocycles. The lowest BCUT2D eigenvalue weighted by molar-refractivity contribution is -0.178. The van der Waals surface area contributed by atoms with Gasteiger partial charge in [-0.15, -0.1) is 0 Å². The summed E-state index contributed by atoms with van der Waals surface area (Å²) < 4.78 is 0. The van der Waals surface area contributed by atoms with Gasteiger partial charge in [-0.3, -0.25) is 10.0 Å². The quantitative estimate of drug-likeness (QED) is 0.604. The molecule has 4 nitrogen and oxygen atoms in total. The van der Waals surface area contributed by atoms with E-state index < -0.39 is 6.04 Å². The number of likely N-dealkylation sites (tertiary alicyclic amines) is 1. The van der Waals surface area contributed by atoms with Crippen molar-refractivity contribution in [2.24, 2.45) is 0 Å². The van der Waals surface area contributed by atoms with Crippen LogP contribution in [0.15, 0.2) is 48.5 Å². The molecule has 1 aliphatic rings. The number of nitrogens with zero attached hydrogens (tertiary/aromatic N) is 2. The van der Waals surface area contributed by atoms with E-state index >= 15 is 0 Å². The Labute approximate surface area is 157 Å². The zero-order valence-corrected chi connectivity index (χ0v) is 15.2. The van der Waals surface area contributed by atoms with E-state index in [4.69, 9.17) is 23.2 Å². The van der Waals surface area contributed by atoms with E-state index in [9.17, 15) is 10.0 Å². The molecule has 0 aliphatic carbocycles. The van der Waals surface area contributed by atoms with Crippen LogP contribution >= 0.6 is 23.2 Å². The fourth-order valence-corrected chi connectivity index (χ4v) is 3.21. The second-order valence-electron chi connectivity index (χ2n) is 6.24. The van der Waals surface area contributed by atoms with Crippen molar-refractivity contribution in [3.05, 3.63) is 69.7 Å². The molecule has 3 rings (SSSR count). The van der Waals surface area contributed by atoms with Crippen molar-refractivity contribution in [2.45, 2.75) is 18.9 Å². The van der Waals surface area contributed by atoms with Crippen molar-refractivity contribution in [1.82, 2.24) is 9.96 Å². The summed E-state index contributed by atoms with van der Waals surface area (Å²) in [5.41, 5.74) is 1.63. The third kappa shape index (κ3) is 4.53. The average molecular weight is 379 g/mol. The lowest BCUT2D eigenvalue weighted by atomic mass is 10.0. The van der Waals surface area contributed by atoms with E-state index in [1.165, 1.54) is 0 Å². The summed E-state index contributed by atoms with van der Waals surface area (Å²) in [7, 11) is 0. The van der Waals surface area contributed by atoms with Gasteiger partial charge in [0.2, 0.25) is 0 Å². The van der Waals surface area contributed by atoms with Gasteiger partial charge >= 0.3 is 0 Å². The first kappa shape index (κ1) is 18.2. The molecule has 1 amide bonds. The van der Waals surface area contributed by atoms with Crippen LogP contribution in [0.4, 0.5) is 0 Å². The molecule has 0 aromatic heterocycles. The Hall–Kier alpha value is -1.59. The predicted octanol–water partition coefficient (Wildman–Crippen LogP) is 4.20. The summed E-state index contributed by atoms with van der Waals surface area (Å²) in [5, 5.41) is 12.3. The Kier molecular flexibility index (Phi) is 5.97. The minimum atomic E-state index is -0.392. The summed E-state index contributed by atoms with van der Waals surface area (Å²) in [6, 6.07) is 14.3. The van der Waals surface area contributed by atoms with Crippen LogP contribution in [0.2, 0.25) is 10.0 Å². The van der Waals surface area contributed by atoms with Crippen molar-refractivity contribution in [3.63, 3.8) is 0 Å². The summed E-state index contributed by atoms with van der Waals surface area (Å²) in [5.74, 6) is -0.368. The molecule has 0 saturated carbocycles. The van der Waals surface area contributed by atoms with E-state index in [-0.39, 0.29) is 12.3 Å². The van der Waals surface area contributed by atoms with Gasteiger partial charge in [-0.2, -0.15) is 0 Å². The first-order valence-electron chi connectivity index (χ1n) is 8.27. The standard InChI is InChI=1S/C19H20Cl2N2O2/c20-16-8-7-14(11-17(16)21)12-19(24)23(25)18(13-22-9-4-10-22)15-5-2-1-3-6-15/h1-3,5-8,11,18,25H,4,9-10,12-13H2/t18-/m1/s1. The van der Waals surface area contributed by atoms with E-state index in [0.29, 0.717) is 22.2 Å². The normalized spacial score (nSPS) is 15.5. The number of carbonyl (C=O) groups excluding carboxylic acids is 1. The Morgan fingerprint density at radius 2 is 1.84 bits per heavy atom. The monoisotopic (exact) mass is 378 g/mol. The van der Waals surface area contributed by atoms with Crippen LogP contribution in [0, 0.1) is 0 Å². The summed E-state index contributed by atoms with van der Waals surface area (Å²) in [6.07, 6.45) is 1.22. The van der Waals surface area contributed by atoms with E-state index in [1.807, 2.05) is 30.3 Å². The number of benzene rings is 2. The van der Waals surface area contributed by atoms with Crippen LogP contribution in [0.25, 0.3) is 0 Å². The topological polar surface area (TPSA) is 43.8 Å². The number of amides is 1. The zero-order valence-electron chi connectivity index (χ0n) is 13.7. The lowest BCUT2D eigenvalue weighted by Crippen LogP contribution is -2.45. The van der Waals surface area contributed by atoms with Gasteiger partial charge in [-0.05, 0) is 42.8 Å². The maximum Gasteiger partial charge on any atom is 0.250 e. The molecular formula is C19H20Cl2N2O2. The van der Waals surface area contributed by atoms with Gasteiger partial charge in [0.1, 0.15) is 0 Å². The highest BCUT2D eigenvalue weighted by Crippen LogP contribution is 2.25. The Morgan fingerprint density at radius 1 is 1.12 bits per heavy atom. The number of carbonyl (C=O) groups is 1. The van der Waals surface area contributed by atoms with Crippen molar-refractivity contribution >= 4 is 29.1 Å². The summed E-state index contributed by atoms with van der Waals surface area (Å²) in [6.45, 7) is 2.62. The predicted molar refractivity (Wildman–Crippen MR) is 99.0 cm³/mol. The molecule has 6 heteroatoms. The molecule has 0 bridgehead atoms. The largest absolute Gasteiger partial charge is 0.301 e. The van der Waals surface area contributed by atoms with Crippen molar-refractivity contribution in [1.29, 1.82) is 0 Å². The first-order valence-corrected chi connectivity index (χ1v) is 9.02. The highest BCUT2D eigenvalue weighted by molar-refractivity contribution is 6.42. The minimum absolute atomic E-state index is 0.0662. The average Bonchev–Trinajstić information content (AvgIpc) is 2.57. The Balaban J connectivity index is 1.74. The fraction of sp³-hybridized carbons (Fsp3) is 0.316. The van der Waals surface area contributed by atoms with Gasteiger partial charge in [0.15, 0.2) is 0 Å². The second-order valence-corrected chi connectivity index (χ2v) is 7.06. The molecule has 1 N–H and O–H groups in total. The molecular weight excluding hydrogens is 359 g/mol. The maximum atomic E-state index is 12.6. The maximum absolute atomic E-state index is 12.6. The fourth-order valence-electron chi connectivity index (χ4n) is 2.89. The molecule has 25 heavy (non-hydrogen) atoms. The van der Waals surface area contributed by atoms with Crippen LogP contribution < -0.4 is 0 Å². The molecule has 2 aromatic rings. The number of rotatable bonds is 6. The highest BCUT2D eigenvalue weighted by Gasteiger charge is 2.28. The van der Waals surface area contributed by atoms with E-state index in [2.05, 4.69) is 4.90 Å². The third-order valence-corrected chi connectivity index (χ3v) is 5.19. The number of hydroxylamine groups is 2. The Bertz CT molecular complexity index is 735. The second kappa shape index (κ2) is 8.19. The molecule has 1 fully saturated rings. The minimum Gasteiger partial charge on any atom is -0.301 e. The van der Waals surface area contributed by atoms with Gasteiger partial charge < -0.3 is 4.90 Å². The number of hydrogen-bond acceptors (Lipinski definition) is 3. The van der Waals surface area contributed by atoms with Gasteiger partial charge in [0.05, 0.1) is 22.5 Å². The van der Waals surface area contributed by atoms with Gasteiger partial charge in [-0.25, -0.2) is 5.06 Å². The van der Waals surface area contributed by atoms with Crippen LogP contribution in [0.1, 0.15) is 23.6 Å². The third-order valence-electron chi connectivity index (χ3n) is 4.45. The lowest BCUT2D eigenvalue weighted by Gasteiger charge is -2.36. The van der Waals surface area contributed by atoms with Crippen LogP contribution in [0.5, 0.6) is 0 Å². The van der Waals surface area contributed by atoms with Crippen LogP contribution in [-0.2, 0) is 11.2 Å². The first-order chi connectivity index (χ1) is 12.0. The van der Waals surface area contributed by atoms with E-state index in [1.54, 1.807) is 18.2 Å². The summed E-state index contributed by atoms with van der Waals surface area (Å²) >= 11 is 11.9. The summed E-state index contributed by atoms with van der Waals surface area (Å²) in [4.78, 5) is 14.8. The molecule has 1 heterocycles. The number of hydrogen-bond donors (Lipinski definition) is 1. The number of halogens is 2. The zero-order chi connectivity index (χ0) is 17.8. The smallest absolute Gasteiger partial charge is 0.250 e. The van der Waals surface area contributed by atoms with Crippen LogP contribution in [0.3, 0.4) is 0 Å². The van der Waals surface area contributed by atoms with E-state index in [0.717, 1.165) is 30.1 Å². The molecule has 132 valence electrons. The Morgan fingerprint density at radius 3 is 2.44 bits per heavy atom. The molecule has 1 atom stereocenters.